The van der Waals surface area contributed by atoms with E-state index in [0.29, 0.717) is 12.3 Å². The SMILES string of the molecule is O=C(O)c1coc2c(F)c(F)c(F)cc2c1=O. The van der Waals surface area contributed by atoms with Crippen LogP contribution in [0, 0.1) is 17.5 Å². The minimum absolute atomic E-state index is 0.395. The van der Waals surface area contributed by atoms with E-state index >= 15 is 0 Å². The highest BCUT2D eigenvalue weighted by atomic mass is 19.2. The molecule has 1 N–H and O–H groups in total. The lowest BCUT2D eigenvalue weighted by molar-refractivity contribution is 0.0693. The van der Waals surface area contributed by atoms with E-state index in [-0.39, 0.29) is 0 Å². The molecule has 2 aromatic rings. The van der Waals surface area contributed by atoms with E-state index in [1.807, 2.05) is 0 Å². The fraction of sp³-hybridized carbons (Fsp3) is 0. The van der Waals surface area contributed by atoms with Crippen molar-refractivity contribution in [2.45, 2.75) is 0 Å². The minimum Gasteiger partial charge on any atom is -0.477 e. The molecule has 1 heterocycles. The molecule has 0 atom stereocenters. The fourth-order valence-corrected chi connectivity index (χ4v) is 1.33. The van der Waals surface area contributed by atoms with Gasteiger partial charge in [-0.1, -0.05) is 0 Å². The molecule has 7 heteroatoms. The molecule has 0 fully saturated rings. The molecule has 88 valence electrons. The summed E-state index contributed by atoms with van der Waals surface area (Å²) in [5.74, 6) is -6.66. The smallest absolute Gasteiger partial charge is 0.342 e. The Kier molecular flexibility index (Phi) is 2.38. The van der Waals surface area contributed by atoms with Crippen LogP contribution in [0.3, 0.4) is 0 Å². The van der Waals surface area contributed by atoms with Gasteiger partial charge in [0.25, 0.3) is 0 Å². The third-order valence-corrected chi connectivity index (χ3v) is 2.13. The topological polar surface area (TPSA) is 67.5 Å². The van der Waals surface area contributed by atoms with Gasteiger partial charge in [-0.15, -0.1) is 0 Å². The van der Waals surface area contributed by atoms with Crippen LogP contribution < -0.4 is 5.43 Å². The van der Waals surface area contributed by atoms with Gasteiger partial charge >= 0.3 is 5.97 Å². The normalized spacial score (nSPS) is 10.8. The van der Waals surface area contributed by atoms with Gasteiger partial charge in [-0.05, 0) is 6.07 Å². The monoisotopic (exact) mass is 244 g/mol. The van der Waals surface area contributed by atoms with Gasteiger partial charge in [-0.3, -0.25) is 4.79 Å². The molecule has 1 aromatic heterocycles. The predicted octanol–water partition coefficient (Wildman–Crippen LogP) is 1.91. The molecule has 17 heavy (non-hydrogen) atoms. The third-order valence-electron chi connectivity index (χ3n) is 2.13. The molecule has 0 aliphatic carbocycles. The summed E-state index contributed by atoms with van der Waals surface area (Å²) in [6.45, 7) is 0. The number of fused-ring (bicyclic) bond motifs is 1. The molecule has 0 radical (unpaired) electrons. The maximum absolute atomic E-state index is 13.2. The van der Waals surface area contributed by atoms with Gasteiger partial charge in [0.15, 0.2) is 17.2 Å². The van der Waals surface area contributed by atoms with Crippen molar-refractivity contribution in [3.05, 3.63) is 45.6 Å². The second-order valence-corrected chi connectivity index (χ2v) is 3.15. The minimum atomic E-state index is -1.79. The second-order valence-electron chi connectivity index (χ2n) is 3.15. The van der Waals surface area contributed by atoms with Crippen LogP contribution in [-0.2, 0) is 0 Å². The van der Waals surface area contributed by atoms with Crippen molar-refractivity contribution in [1.29, 1.82) is 0 Å². The van der Waals surface area contributed by atoms with Gasteiger partial charge in [0.05, 0.1) is 5.39 Å². The number of aromatic carboxylic acids is 1. The van der Waals surface area contributed by atoms with E-state index in [0.717, 1.165) is 0 Å². The zero-order valence-electron chi connectivity index (χ0n) is 7.96. The van der Waals surface area contributed by atoms with Crippen molar-refractivity contribution in [2.75, 3.05) is 0 Å². The first-order valence-corrected chi connectivity index (χ1v) is 4.25. The molecule has 0 amide bonds. The quantitative estimate of drug-likeness (QED) is 0.778. The number of carbonyl (C=O) groups is 1. The van der Waals surface area contributed by atoms with Crippen molar-refractivity contribution >= 4 is 16.9 Å². The van der Waals surface area contributed by atoms with Crippen molar-refractivity contribution in [1.82, 2.24) is 0 Å². The molecular formula is C10H3F3O4. The summed E-state index contributed by atoms with van der Waals surface area (Å²) in [6.07, 6.45) is 0.480. The molecule has 0 spiro atoms. The van der Waals surface area contributed by atoms with Gasteiger partial charge in [0, 0.05) is 0 Å². The Labute approximate surface area is 90.9 Å². The molecule has 0 saturated heterocycles. The first-order chi connectivity index (χ1) is 7.93. The molecule has 0 unspecified atom stereocenters. The maximum atomic E-state index is 13.2. The lowest BCUT2D eigenvalue weighted by atomic mass is 10.1. The van der Waals surface area contributed by atoms with Crippen LogP contribution in [-0.4, -0.2) is 11.1 Å². The maximum Gasteiger partial charge on any atom is 0.342 e. The molecule has 0 saturated carbocycles. The summed E-state index contributed by atoms with van der Waals surface area (Å²) in [7, 11) is 0. The number of benzene rings is 1. The van der Waals surface area contributed by atoms with E-state index in [1.165, 1.54) is 0 Å². The van der Waals surface area contributed by atoms with Gasteiger partial charge in [0.2, 0.25) is 11.2 Å². The number of carboxylic acids is 1. The first-order valence-electron chi connectivity index (χ1n) is 4.25. The average molecular weight is 244 g/mol. The van der Waals surface area contributed by atoms with Crippen LogP contribution >= 0.6 is 0 Å². The Hall–Kier alpha value is -2.31. The Morgan fingerprint density at radius 1 is 1.24 bits per heavy atom. The van der Waals surface area contributed by atoms with E-state index in [4.69, 9.17) is 5.11 Å². The number of hydrogen-bond acceptors (Lipinski definition) is 3. The zero-order chi connectivity index (χ0) is 12.7. The van der Waals surface area contributed by atoms with E-state index in [9.17, 15) is 22.8 Å². The number of halogens is 3. The van der Waals surface area contributed by atoms with Crippen LogP contribution in [0.15, 0.2) is 21.5 Å². The van der Waals surface area contributed by atoms with E-state index < -0.39 is 45.4 Å². The largest absolute Gasteiger partial charge is 0.477 e. The van der Waals surface area contributed by atoms with Crippen LogP contribution in [0.2, 0.25) is 0 Å². The first kappa shape index (κ1) is 11.2. The van der Waals surface area contributed by atoms with Crippen molar-refractivity contribution < 1.29 is 27.5 Å². The number of hydrogen-bond donors (Lipinski definition) is 1. The second kappa shape index (κ2) is 3.62. The summed E-state index contributed by atoms with van der Waals surface area (Å²) in [4.78, 5) is 22.1. The van der Waals surface area contributed by atoms with Gasteiger partial charge in [-0.2, -0.15) is 4.39 Å². The molecule has 2 rings (SSSR count). The molecule has 0 aliphatic rings. The Morgan fingerprint density at radius 3 is 2.47 bits per heavy atom. The molecule has 4 nitrogen and oxygen atoms in total. The fourth-order valence-electron chi connectivity index (χ4n) is 1.33. The van der Waals surface area contributed by atoms with Crippen molar-refractivity contribution in [2.24, 2.45) is 0 Å². The molecule has 0 aliphatic heterocycles. The van der Waals surface area contributed by atoms with Gasteiger partial charge < -0.3 is 9.52 Å². The zero-order valence-corrected chi connectivity index (χ0v) is 7.96. The average Bonchev–Trinajstić information content (AvgIpc) is 2.27. The van der Waals surface area contributed by atoms with E-state index in [2.05, 4.69) is 4.42 Å². The Bertz CT molecular complexity index is 690. The molecule has 1 aromatic carbocycles. The van der Waals surface area contributed by atoms with E-state index in [1.54, 1.807) is 0 Å². The number of carboxylic acid groups (broad SMARTS) is 1. The molecular weight excluding hydrogens is 241 g/mol. The summed E-state index contributed by atoms with van der Waals surface area (Å²) < 4.78 is 43.4. The summed E-state index contributed by atoms with van der Waals surface area (Å²) in [5.41, 5.74) is -2.75. The Balaban J connectivity index is 2.98. The Morgan fingerprint density at radius 2 is 1.88 bits per heavy atom. The molecule has 0 bridgehead atoms. The third kappa shape index (κ3) is 1.55. The standard InChI is InChI=1S/C10H3F3O4/c11-5-1-3-8(14)4(10(15)16)2-17-9(3)7(13)6(5)12/h1-2H,(H,15,16). The van der Waals surface area contributed by atoms with Crippen LogP contribution in [0.25, 0.3) is 11.0 Å². The van der Waals surface area contributed by atoms with Gasteiger partial charge in [-0.25, -0.2) is 13.6 Å². The highest BCUT2D eigenvalue weighted by Gasteiger charge is 2.20. The summed E-state index contributed by atoms with van der Waals surface area (Å²) in [6, 6.07) is 0.395. The van der Waals surface area contributed by atoms with Gasteiger partial charge in [0.1, 0.15) is 11.8 Å². The highest BCUT2D eigenvalue weighted by molar-refractivity contribution is 5.91. The van der Waals surface area contributed by atoms with Crippen molar-refractivity contribution in [3.63, 3.8) is 0 Å². The van der Waals surface area contributed by atoms with Crippen LogP contribution in [0.4, 0.5) is 13.2 Å². The predicted molar refractivity (Wildman–Crippen MR) is 49.3 cm³/mol. The summed E-state index contributed by atoms with van der Waals surface area (Å²) >= 11 is 0. The summed E-state index contributed by atoms with van der Waals surface area (Å²) in [5, 5.41) is 7.93. The lowest BCUT2D eigenvalue weighted by Gasteiger charge is -2.01. The lowest BCUT2D eigenvalue weighted by Crippen LogP contribution is -2.15. The highest BCUT2D eigenvalue weighted by Crippen LogP contribution is 2.21. The van der Waals surface area contributed by atoms with Crippen LogP contribution in [0.5, 0.6) is 0 Å². The van der Waals surface area contributed by atoms with Crippen LogP contribution in [0.1, 0.15) is 10.4 Å². The van der Waals surface area contributed by atoms with Crippen molar-refractivity contribution in [3.8, 4) is 0 Å². The number of rotatable bonds is 1.